The molecule has 198 valence electrons. The lowest BCUT2D eigenvalue weighted by atomic mass is 9.87. The van der Waals surface area contributed by atoms with Crippen LogP contribution in [0.5, 0.6) is 5.75 Å². The number of aromatic nitrogens is 1. The molecule has 1 aliphatic rings. The summed E-state index contributed by atoms with van der Waals surface area (Å²) in [5.74, 6) is 0.0109. The van der Waals surface area contributed by atoms with E-state index < -0.39 is 5.92 Å². The average Bonchev–Trinajstić information content (AvgIpc) is 3.31. The number of fused-ring (bicyclic) bond motifs is 1. The SMILES string of the molecule is COc1ccc(Cn2cc(C(CC(=O)NCCN3CCOCC3)c3ccccc3F)c3ccccc32)cc1. The number of amides is 1. The van der Waals surface area contributed by atoms with E-state index in [4.69, 9.17) is 9.47 Å². The molecule has 1 saturated heterocycles. The van der Waals surface area contributed by atoms with Gasteiger partial charge in [-0.15, -0.1) is 0 Å². The first-order valence-electron chi connectivity index (χ1n) is 13.1. The van der Waals surface area contributed by atoms with Crippen LogP contribution in [0.4, 0.5) is 4.39 Å². The summed E-state index contributed by atoms with van der Waals surface area (Å²) in [6.07, 6.45) is 2.24. The highest BCUT2D eigenvalue weighted by atomic mass is 19.1. The number of para-hydroxylation sites is 1. The van der Waals surface area contributed by atoms with E-state index >= 15 is 4.39 Å². The van der Waals surface area contributed by atoms with E-state index in [1.54, 1.807) is 19.2 Å². The van der Waals surface area contributed by atoms with Crippen LogP contribution in [-0.2, 0) is 16.1 Å². The highest BCUT2D eigenvalue weighted by molar-refractivity contribution is 5.86. The molecular weight excluding hydrogens is 481 g/mol. The number of nitrogens with zero attached hydrogens (tertiary/aromatic N) is 2. The molecule has 38 heavy (non-hydrogen) atoms. The number of methoxy groups -OCH3 is 1. The lowest BCUT2D eigenvalue weighted by molar-refractivity contribution is -0.121. The molecule has 3 aromatic carbocycles. The number of benzene rings is 3. The summed E-state index contributed by atoms with van der Waals surface area (Å²) < 4.78 is 28.0. The molecule has 1 atom stereocenters. The van der Waals surface area contributed by atoms with Gasteiger partial charge in [0.15, 0.2) is 0 Å². The lowest BCUT2D eigenvalue weighted by Gasteiger charge is -2.26. The van der Waals surface area contributed by atoms with Gasteiger partial charge in [0.2, 0.25) is 5.91 Å². The van der Waals surface area contributed by atoms with Crippen LogP contribution in [0.1, 0.15) is 29.0 Å². The first kappa shape index (κ1) is 25.9. The zero-order valence-electron chi connectivity index (χ0n) is 21.7. The minimum atomic E-state index is -0.415. The number of morpholine rings is 1. The van der Waals surface area contributed by atoms with Gasteiger partial charge in [-0.25, -0.2) is 4.39 Å². The fraction of sp³-hybridized carbons (Fsp3) is 0.323. The number of carbonyl (C=O) groups is 1. The maximum atomic E-state index is 15.1. The molecule has 0 saturated carbocycles. The van der Waals surface area contributed by atoms with Gasteiger partial charge in [0.25, 0.3) is 0 Å². The van der Waals surface area contributed by atoms with E-state index in [0.29, 0.717) is 18.7 Å². The van der Waals surface area contributed by atoms with Crippen molar-refractivity contribution in [3.63, 3.8) is 0 Å². The highest BCUT2D eigenvalue weighted by Gasteiger charge is 2.25. The van der Waals surface area contributed by atoms with Crippen LogP contribution in [0.25, 0.3) is 10.9 Å². The minimum Gasteiger partial charge on any atom is -0.497 e. The number of rotatable bonds is 10. The molecule has 0 spiro atoms. The number of carbonyl (C=O) groups excluding carboxylic acids is 1. The largest absolute Gasteiger partial charge is 0.497 e. The Morgan fingerprint density at radius 3 is 2.50 bits per heavy atom. The second-order valence-corrected chi connectivity index (χ2v) is 9.66. The van der Waals surface area contributed by atoms with E-state index in [0.717, 1.165) is 60.6 Å². The van der Waals surface area contributed by atoms with Gasteiger partial charge in [0, 0.05) is 62.2 Å². The molecule has 6 nitrogen and oxygen atoms in total. The van der Waals surface area contributed by atoms with Crippen LogP contribution in [0.2, 0.25) is 0 Å². The summed E-state index contributed by atoms with van der Waals surface area (Å²) in [5, 5.41) is 4.09. The normalized spacial score (nSPS) is 14.9. The third kappa shape index (κ3) is 6.06. The maximum Gasteiger partial charge on any atom is 0.220 e. The molecule has 4 aromatic rings. The fourth-order valence-electron chi connectivity index (χ4n) is 5.19. The molecule has 1 aliphatic heterocycles. The zero-order valence-corrected chi connectivity index (χ0v) is 21.7. The van der Waals surface area contributed by atoms with Crippen LogP contribution in [0.3, 0.4) is 0 Å². The minimum absolute atomic E-state index is 0.0847. The Morgan fingerprint density at radius 2 is 1.74 bits per heavy atom. The summed E-state index contributed by atoms with van der Waals surface area (Å²) in [4.78, 5) is 15.4. The van der Waals surface area contributed by atoms with Gasteiger partial charge in [-0.1, -0.05) is 48.5 Å². The molecule has 1 fully saturated rings. The van der Waals surface area contributed by atoms with Crippen molar-refractivity contribution >= 4 is 16.8 Å². The van der Waals surface area contributed by atoms with Crippen molar-refractivity contribution in [2.24, 2.45) is 0 Å². The summed E-state index contributed by atoms with van der Waals surface area (Å²) >= 11 is 0. The third-order valence-electron chi connectivity index (χ3n) is 7.23. The molecule has 1 amide bonds. The summed E-state index contributed by atoms with van der Waals surface area (Å²) in [7, 11) is 1.66. The van der Waals surface area contributed by atoms with E-state index in [1.807, 2.05) is 42.5 Å². The van der Waals surface area contributed by atoms with Crippen molar-refractivity contribution < 1.29 is 18.7 Å². The highest BCUT2D eigenvalue weighted by Crippen LogP contribution is 2.36. The van der Waals surface area contributed by atoms with Crippen molar-refractivity contribution in [3.8, 4) is 5.75 Å². The topological polar surface area (TPSA) is 55.7 Å². The number of hydrogen-bond acceptors (Lipinski definition) is 4. The van der Waals surface area contributed by atoms with Gasteiger partial charge < -0.3 is 19.4 Å². The maximum absolute atomic E-state index is 15.1. The van der Waals surface area contributed by atoms with Gasteiger partial charge in [-0.2, -0.15) is 0 Å². The van der Waals surface area contributed by atoms with Crippen LogP contribution in [0, 0.1) is 5.82 Å². The molecule has 2 heterocycles. The van der Waals surface area contributed by atoms with Gasteiger partial charge >= 0.3 is 0 Å². The number of halogens is 1. The first-order chi connectivity index (χ1) is 18.6. The van der Waals surface area contributed by atoms with Crippen LogP contribution in [-0.4, -0.2) is 61.9 Å². The molecule has 5 rings (SSSR count). The van der Waals surface area contributed by atoms with E-state index in [9.17, 15) is 4.79 Å². The van der Waals surface area contributed by atoms with Crippen molar-refractivity contribution in [1.29, 1.82) is 0 Å². The summed E-state index contributed by atoms with van der Waals surface area (Å²) in [6, 6.07) is 22.9. The summed E-state index contributed by atoms with van der Waals surface area (Å²) in [5.41, 5.74) is 3.65. The van der Waals surface area contributed by atoms with Gasteiger partial charge in [-0.05, 0) is 41.0 Å². The fourth-order valence-corrected chi connectivity index (χ4v) is 5.19. The van der Waals surface area contributed by atoms with E-state index in [1.165, 1.54) is 6.07 Å². The Hall–Kier alpha value is -3.68. The van der Waals surface area contributed by atoms with Crippen LogP contribution in [0.15, 0.2) is 79.0 Å². The van der Waals surface area contributed by atoms with Gasteiger partial charge in [0.05, 0.1) is 20.3 Å². The molecule has 1 aromatic heterocycles. The van der Waals surface area contributed by atoms with Crippen molar-refractivity contribution in [3.05, 3.63) is 102 Å². The Balaban J connectivity index is 1.42. The molecule has 0 aliphatic carbocycles. The Kier molecular flexibility index (Phi) is 8.36. The Morgan fingerprint density at radius 1 is 1.00 bits per heavy atom. The lowest BCUT2D eigenvalue weighted by Crippen LogP contribution is -2.41. The predicted molar refractivity (Wildman–Crippen MR) is 147 cm³/mol. The van der Waals surface area contributed by atoms with Crippen molar-refractivity contribution in [2.45, 2.75) is 18.9 Å². The van der Waals surface area contributed by atoms with Crippen LogP contribution < -0.4 is 10.1 Å². The monoisotopic (exact) mass is 515 g/mol. The predicted octanol–water partition coefficient (Wildman–Crippen LogP) is 4.81. The molecule has 0 radical (unpaired) electrons. The standard InChI is InChI=1S/C31H34FN3O3/c1-37-24-12-10-23(11-13-24)21-35-22-28(26-7-3-5-9-30(26)35)27(25-6-2-4-8-29(25)32)20-31(36)33-14-15-34-16-18-38-19-17-34/h2-13,22,27H,14-21H2,1H3,(H,33,36). The number of ether oxygens (including phenoxy) is 2. The molecule has 0 bridgehead atoms. The van der Waals surface area contributed by atoms with Crippen LogP contribution >= 0.6 is 0 Å². The zero-order chi connectivity index (χ0) is 26.3. The molecular formula is C31H34FN3O3. The van der Waals surface area contributed by atoms with E-state index in [2.05, 4.69) is 33.1 Å². The third-order valence-corrected chi connectivity index (χ3v) is 7.23. The molecule has 1 N–H and O–H groups in total. The average molecular weight is 516 g/mol. The number of hydrogen-bond donors (Lipinski definition) is 1. The molecule has 7 heteroatoms. The van der Waals surface area contributed by atoms with Gasteiger partial charge in [-0.3, -0.25) is 9.69 Å². The second kappa shape index (κ2) is 12.2. The smallest absolute Gasteiger partial charge is 0.220 e. The Bertz CT molecular complexity index is 1360. The summed E-state index contributed by atoms with van der Waals surface area (Å²) in [6.45, 7) is 5.19. The van der Waals surface area contributed by atoms with Crippen molar-refractivity contribution in [2.75, 3.05) is 46.5 Å². The van der Waals surface area contributed by atoms with Crippen molar-refractivity contribution in [1.82, 2.24) is 14.8 Å². The van der Waals surface area contributed by atoms with Gasteiger partial charge in [0.1, 0.15) is 11.6 Å². The Labute approximate surface area is 223 Å². The van der Waals surface area contributed by atoms with E-state index in [-0.39, 0.29) is 18.1 Å². The first-order valence-corrected chi connectivity index (χ1v) is 13.1. The number of nitrogens with one attached hydrogen (secondary N) is 1. The second-order valence-electron chi connectivity index (χ2n) is 9.66. The molecule has 1 unspecified atom stereocenters. The quantitative estimate of drug-likeness (QED) is 0.330.